The Balaban J connectivity index is 1.37. The van der Waals surface area contributed by atoms with Gasteiger partial charge in [-0.3, -0.25) is 14.4 Å². The van der Waals surface area contributed by atoms with Crippen molar-refractivity contribution < 1.29 is 29.0 Å². The van der Waals surface area contributed by atoms with Crippen molar-refractivity contribution in [3.05, 3.63) is 89.5 Å². The minimum absolute atomic E-state index is 0.329. The van der Waals surface area contributed by atoms with E-state index in [2.05, 4.69) is 10.6 Å². The molecule has 2 bridgehead atoms. The van der Waals surface area contributed by atoms with Crippen LogP contribution < -0.4 is 15.4 Å². The summed E-state index contributed by atoms with van der Waals surface area (Å²) in [7, 11) is 0. The third-order valence-electron chi connectivity index (χ3n) is 9.07. The Morgan fingerprint density at radius 3 is 2.49 bits per heavy atom. The van der Waals surface area contributed by atoms with Crippen LogP contribution in [0.3, 0.4) is 0 Å². The van der Waals surface area contributed by atoms with E-state index in [0.717, 1.165) is 11.1 Å². The highest BCUT2D eigenvalue weighted by Crippen LogP contribution is 2.60. The molecule has 3 amide bonds. The molecule has 6 rings (SSSR count). The number of fused-ring (bicyclic) bond motifs is 1. The molecule has 9 heteroatoms. The molecule has 3 aromatic rings. The lowest BCUT2D eigenvalue weighted by Gasteiger charge is -2.37. The fourth-order valence-corrected chi connectivity index (χ4v) is 7.15. The number of anilines is 2. The van der Waals surface area contributed by atoms with Crippen molar-refractivity contribution in [2.24, 2.45) is 11.8 Å². The van der Waals surface area contributed by atoms with Crippen LogP contribution in [-0.2, 0) is 19.1 Å². The molecule has 3 fully saturated rings. The van der Waals surface area contributed by atoms with Crippen LogP contribution in [0.25, 0.3) is 0 Å². The van der Waals surface area contributed by atoms with Crippen LogP contribution in [0.1, 0.15) is 42.5 Å². The number of carbonyl (C=O) groups excluding carboxylic acids is 3. The highest BCUT2D eigenvalue weighted by atomic mass is 16.5. The second-order valence-electron chi connectivity index (χ2n) is 11.7. The van der Waals surface area contributed by atoms with Gasteiger partial charge < -0.3 is 30.1 Å². The number of benzene rings is 3. The zero-order chi connectivity index (χ0) is 30.3. The van der Waals surface area contributed by atoms with Gasteiger partial charge in [0.25, 0.3) is 0 Å². The molecule has 0 saturated carbocycles. The summed E-state index contributed by atoms with van der Waals surface area (Å²) >= 11 is 0. The molecule has 3 N–H and O–H groups in total. The number of aliphatic hydroxyl groups excluding tert-OH is 1. The van der Waals surface area contributed by atoms with Gasteiger partial charge in [0.15, 0.2) is 0 Å². The summed E-state index contributed by atoms with van der Waals surface area (Å²) in [5.74, 6) is -2.06. The smallest absolute Gasteiger partial charge is 0.250 e. The van der Waals surface area contributed by atoms with Gasteiger partial charge in [-0.15, -0.1) is 0 Å². The number of aryl methyl sites for hydroxylation is 2. The van der Waals surface area contributed by atoms with Crippen molar-refractivity contribution in [1.29, 1.82) is 0 Å². The van der Waals surface area contributed by atoms with Gasteiger partial charge in [-0.1, -0.05) is 42.5 Å². The van der Waals surface area contributed by atoms with Crippen molar-refractivity contribution in [2.45, 2.75) is 57.4 Å². The molecular weight excluding hydrogens is 546 g/mol. The van der Waals surface area contributed by atoms with Crippen molar-refractivity contribution in [3.63, 3.8) is 0 Å². The Bertz CT molecular complexity index is 1530. The highest BCUT2D eigenvalue weighted by molar-refractivity contribution is 6.05. The lowest BCUT2D eigenvalue weighted by atomic mass is 9.70. The van der Waals surface area contributed by atoms with Gasteiger partial charge in [-0.05, 0) is 80.6 Å². The van der Waals surface area contributed by atoms with Crippen molar-refractivity contribution in [2.75, 3.05) is 23.8 Å². The van der Waals surface area contributed by atoms with Crippen LogP contribution in [0.4, 0.5) is 11.4 Å². The molecule has 6 atom stereocenters. The number of nitrogens with zero attached hydrogens (tertiary/aromatic N) is 1. The van der Waals surface area contributed by atoms with Gasteiger partial charge in [0.2, 0.25) is 17.7 Å². The molecule has 0 radical (unpaired) electrons. The number of ether oxygens (including phenoxy) is 2. The maximum absolute atomic E-state index is 14.5. The van der Waals surface area contributed by atoms with E-state index in [1.807, 2.05) is 69.3 Å². The summed E-state index contributed by atoms with van der Waals surface area (Å²) in [5, 5.41) is 16.6. The third-order valence-corrected chi connectivity index (χ3v) is 9.07. The summed E-state index contributed by atoms with van der Waals surface area (Å²) in [6.45, 7) is 5.90. The Kier molecular flexibility index (Phi) is 7.70. The SMILES string of the molecule is CCOc1ccc(NC(=O)[C@@H]2[C@@H]3CCC4(O3)C(C(=O)Nc3cc(C)ccc3C)N([C@H](CO)c3ccccc3)C(=O)[C@H]24)cc1. The van der Waals surface area contributed by atoms with Gasteiger partial charge >= 0.3 is 0 Å². The number of aliphatic hydroxyl groups is 1. The summed E-state index contributed by atoms with van der Waals surface area (Å²) in [5.41, 5.74) is 2.59. The van der Waals surface area contributed by atoms with Gasteiger partial charge in [-0.2, -0.15) is 0 Å². The van der Waals surface area contributed by atoms with E-state index in [9.17, 15) is 19.5 Å². The Morgan fingerprint density at radius 1 is 1.05 bits per heavy atom. The molecule has 224 valence electrons. The Hall–Kier alpha value is -4.21. The number of rotatable bonds is 9. The van der Waals surface area contributed by atoms with Crippen LogP contribution in [0.2, 0.25) is 0 Å². The number of hydrogen-bond acceptors (Lipinski definition) is 6. The van der Waals surface area contributed by atoms with Crippen LogP contribution in [0.15, 0.2) is 72.8 Å². The number of amides is 3. The molecular formula is C34H37N3O6. The molecule has 9 nitrogen and oxygen atoms in total. The van der Waals surface area contributed by atoms with Crippen LogP contribution in [0, 0.1) is 25.7 Å². The largest absolute Gasteiger partial charge is 0.494 e. The number of hydrogen-bond donors (Lipinski definition) is 3. The summed E-state index contributed by atoms with van der Waals surface area (Å²) < 4.78 is 12.1. The van der Waals surface area contributed by atoms with E-state index in [1.54, 1.807) is 24.3 Å². The van der Waals surface area contributed by atoms with E-state index >= 15 is 0 Å². The average Bonchev–Trinajstić information content (AvgIpc) is 3.65. The zero-order valence-corrected chi connectivity index (χ0v) is 24.6. The van der Waals surface area contributed by atoms with E-state index in [1.165, 1.54) is 4.90 Å². The molecule has 2 unspecified atom stereocenters. The molecule has 3 aromatic carbocycles. The first kappa shape index (κ1) is 28.9. The monoisotopic (exact) mass is 583 g/mol. The molecule has 3 aliphatic heterocycles. The fraction of sp³-hybridized carbons (Fsp3) is 0.382. The molecule has 0 aliphatic carbocycles. The second kappa shape index (κ2) is 11.5. The lowest BCUT2D eigenvalue weighted by molar-refractivity contribution is -0.143. The molecule has 1 spiro atoms. The molecule has 3 aliphatic rings. The molecule has 3 heterocycles. The van der Waals surface area contributed by atoms with Gasteiger partial charge in [0.05, 0.1) is 37.2 Å². The standard InChI is InChI=1S/C34H37N3O6/c1-4-42-24-14-12-23(13-15-24)35-31(39)28-27-16-17-34(43-27)29(28)33(41)37(26(19-38)22-8-6-5-7-9-22)30(34)32(40)36-25-18-20(2)10-11-21(25)3/h5-15,18,26-30,38H,4,16-17,19H2,1-3H3,(H,35,39)(H,36,40)/t26-,27+,28-,29+,30?,34?/m1/s1. The minimum atomic E-state index is -1.20. The zero-order valence-electron chi connectivity index (χ0n) is 24.6. The number of nitrogens with one attached hydrogen (secondary N) is 2. The minimum Gasteiger partial charge on any atom is -0.494 e. The summed E-state index contributed by atoms with van der Waals surface area (Å²) in [6, 6.07) is 20.2. The quantitative estimate of drug-likeness (QED) is 0.344. The van der Waals surface area contributed by atoms with E-state index in [-0.39, 0.29) is 11.8 Å². The Morgan fingerprint density at radius 2 is 1.79 bits per heavy atom. The summed E-state index contributed by atoms with van der Waals surface area (Å²) in [6.07, 6.45) is 0.496. The first-order valence-electron chi connectivity index (χ1n) is 14.8. The van der Waals surface area contributed by atoms with Crippen LogP contribution >= 0.6 is 0 Å². The second-order valence-corrected chi connectivity index (χ2v) is 11.7. The molecule has 43 heavy (non-hydrogen) atoms. The number of likely N-dealkylation sites (tertiary alicyclic amines) is 1. The van der Waals surface area contributed by atoms with Gasteiger partial charge in [0, 0.05) is 11.4 Å². The Labute approximate surface area is 251 Å². The van der Waals surface area contributed by atoms with E-state index < -0.39 is 48.1 Å². The average molecular weight is 584 g/mol. The molecule has 0 aromatic heterocycles. The van der Waals surface area contributed by atoms with Gasteiger partial charge in [-0.25, -0.2) is 0 Å². The van der Waals surface area contributed by atoms with Crippen molar-refractivity contribution in [3.8, 4) is 5.75 Å². The first-order valence-corrected chi connectivity index (χ1v) is 14.8. The predicted molar refractivity (Wildman–Crippen MR) is 162 cm³/mol. The third kappa shape index (κ3) is 4.96. The fourth-order valence-electron chi connectivity index (χ4n) is 7.15. The topological polar surface area (TPSA) is 117 Å². The predicted octanol–water partition coefficient (Wildman–Crippen LogP) is 4.39. The van der Waals surface area contributed by atoms with Crippen molar-refractivity contribution >= 4 is 29.1 Å². The van der Waals surface area contributed by atoms with Crippen LogP contribution in [-0.4, -0.2) is 58.7 Å². The molecule has 3 saturated heterocycles. The van der Waals surface area contributed by atoms with E-state index in [0.29, 0.717) is 42.1 Å². The van der Waals surface area contributed by atoms with E-state index in [4.69, 9.17) is 9.47 Å². The normalized spacial score (nSPS) is 26.2. The van der Waals surface area contributed by atoms with Crippen LogP contribution in [0.5, 0.6) is 5.75 Å². The maximum atomic E-state index is 14.5. The first-order chi connectivity index (χ1) is 20.8. The maximum Gasteiger partial charge on any atom is 0.250 e. The van der Waals surface area contributed by atoms with Gasteiger partial charge in [0.1, 0.15) is 17.4 Å². The van der Waals surface area contributed by atoms with Crippen molar-refractivity contribution in [1.82, 2.24) is 4.90 Å². The lowest BCUT2D eigenvalue weighted by Crippen LogP contribution is -2.54. The highest BCUT2D eigenvalue weighted by Gasteiger charge is 2.75. The summed E-state index contributed by atoms with van der Waals surface area (Å²) in [4.78, 5) is 44.1. The number of carbonyl (C=O) groups is 3.